The lowest BCUT2D eigenvalue weighted by Crippen LogP contribution is -2.27. The molecule has 3 aromatic carbocycles. The molecule has 1 saturated heterocycles. The number of thiocarbonyl (C=S) groups is 1. The highest BCUT2D eigenvalue weighted by Crippen LogP contribution is 2.39. The number of carbonyl (C=O) groups is 1. The lowest BCUT2D eigenvalue weighted by atomic mass is 10.2. The maximum Gasteiger partial charge on any atom is 0.266 e. The Hall–Kier alpha value is -1.42. The molecule has 0 aromatic heterocycles. The van der Waals surface area contributed by atoms with Crippen molar-refractivity contribution < 1.29 is 13.9 Å². The van der Waals surface area contributed by atoms with Gasteiger partial charge in [0.05, 0.1) is 20.4 Å². The van der Waals surface area contributed by atoms with Gasteiger partial charge >= 0.3 is 0 Å². The van der Waals surface area contributed by atoms with Crippen molar-refractivity contribution in [2.24, 2.45) is 0 Å². The van der Waals surface area contributed by atoms with Crippen molar-refractivity contribution in [3.8, 4) is 5.75 Å². The zero-order chi connectivity index (χ0) is 24.4. The molecule has 1 heterocycles. The largest absolute Gasteiger partial charge is 0.486 e. The van der Waals surface area contributed by atoms with Crippen LogP contribution in [0.2, 0.25) is 10.0 Å². The number of benzene rings is 3. The molecule has 10 heteroatoms. The van der Waals surface area contributed by atoms with Crippen molar-refractivity contribution in [1.82, 2.24) is 4.90 Å². The van der Waals surface area contributed by atoms with Crippen molar-refractivity contribution in [2.75, 3.05) is 0 Å². The highest BCUT2D eigenvalue weighted by atomic mass is 79.9. The van der Waals surface area contributed by atoms with Crippen LogP contribution in [-0.4, -0.2) is 15.1 Å². The average Bonchev–Trinajstić information content (AvgIpc) is 3.03. The van der Waals surface area contributed by atoms with Crippen LogP contribution >= 0.6 is 79.0 Å². The van der Waals surface area contributed by atoms with Crippen LogP contribution in [0.25, 0.3) is 6.08 Å². The Kier molecular flexibility index (Phi) is 8.38. The van der Waals surface area contributed by atoms with Crippen LogP contribution in [0.3, 0.4) is 0 Å². The molecule has 0 N–H and O–H groups in total. The number of thioether (sulfide) groups is 1. The lowest BCUT2D eigenvalue weighted by molar-refractivity contribution is -0.122. The van der Waals surface area contributed by atoms with Gasteiger partial charge in [-0.15, -0.1) is 0 Å². The molecule has 0 unspecified atom stereocenters. The maximum absolute atomic E-state index is 13.2. The number of rotatable bonds is 6. The smallest absolute Gasteiger partial charge is 0.266 e. The van der Waals surface area contributed by atoms with E-state index in [1.807, 2.05) is 18.2 Å². The molecule has 4 rings (SSSR count). The van der Waals surface area contributed by atoms with E-state index in [1.165, 1.54) is 28.8 Å². The fraction of sp³-hybridized carbons (Fsp3) is 0.0833. The molecular weight excluding hydrogens is 648 g/mol. The molecule has 0 saturated carbocycles. The lowest BCUT2D eigenvalue weighted by Gasteiger charge is -2.14. The predicted molar refractivity (Wildman–Crippen MR) is 148 cm³/mol. The van der Waals surface area contributed by atoms with E-state index < -0.39 is 0 Å². The molecule has 1 amide bonds. The minimum absolute atomic E-state index is 0.190. The van der Waals surface area contributed by atoms with E-state index in [0.29, 0.717) is 34.0 Å². The first kappa shape index (κ1) is 25.7. The fourth-order valence-electron chi connectivity index (χ4n) is 3.15. The summed E-state index contributed by atoms with van der Waals surface area (Å²) in [4.78, 5) is 15.0. The van der Waals surface area contributed by atoms with E-state index in [2.05, 4.69) is 31.9 Å². The van der Waals surface area contributed by atoms with Crippen LogP contribution in [0, 0.1) is 5.82 Å². The zero-order valence-corrected chi connectivity index (χ0v) is 23.5. The minimum Gasteiger partial charge on any atom is -0.486 e. The van der Waals surface area contributed by atoms with Crippen LogP contribution in [0.5, 0.6) is 5.75 Å². The van der Waals surface area contributed by atoms with E-state index in [1.54, 1.807) is 30.3 Å². The molecule has 3 aromatic rings. The van der Waals surface area contributed by atoms with Crippen LogP contribution in [0.15, 0.2) is 68.4 Å². The summed E-state index contributed by atoms with van der Waals surface area (Å²) in [6.07, 6.45) is 1.78. The maximum atomic E-state index is 13.2. The second-order valence-electron chi connectivity index (χ2n) is 7.23. The predicted octanol–water partition coefficient (Wildman–Crippen LogP) is 8.64. The van der Waals surface area contributed by atoms with Gasteiger partial charge in [0.2, 0.25) is 0 Å². The van der Waals surface area contributed by atoms with E-state index >= 15 is 0 Å². The van der Waals surface area contributed by atoms with Crippen LogP contribution in [0.4, 0.5) is 4.39 Å². The van der Waals surface area contributed by atoms with Gasteiger partial charge in [0, 0.05) is 15.6 Å². The molecule has 0 aliphatic carbocycles. The Morgan fingerprint density at radius 2 is 1.74 bits per heavy atom. The molecule has 0 radical (unpaired) electrons. The summed E-state index contributed by atoms with van der Waals surface area (Å²) in [6, 6.07) is 15.0. The van der Waals surface area contributed by atoms with Gasteiger partial charge in [-0.25, -0.2) is 4.39 Å². The molecule has 1 aliphatic rings. The standard InChI is InChI=1S/C24H14Br2Cl2FNO2S2/c25-18-7-14(8-19(26)22(18)32-12-15-3-4-16(27)10-20(15)28)9-21-23(31)30(24(33)34-21)11-13-1-5-17(29)6-2-13/h1-10H,11-12H2/b21-9-. The number of amides is 1. The summed E-state index contributed by atoms with van der Waals surface area (Å²) >= 11 is 25.9. The number of nitrogens with zero attached hydrogens (tertiary/aromatic N) is 1. The third kappa shape index (κ3) is 6.04. The number of halogens is 5. The Balaban J connectivity index is 1.50. The SMILES string of the molecule is O=C1/C(=C/c2cc(Br)c(OCc3ccc(Cl)cc3Cl)c(Br)c2)SC(=S)N1Cc1ccc(F)cc1. The number of hydrogen-bond donors (Lipinski definition) is 0. The Labute approximate surface area is 232 Å². The van der Waals surface area contributed by atoms with Gasteiger partial charge in [0.1, 0.15) is 22.5 Å². The third-order valence-electron chi connectivity index (χ3n) is 4.83. The molecule has 0 bridgehead atoms. The summed E-state index contributed by atoms with van der Waals surface area (Å²) in [7, 11) is 0. The minimum atomic E-state index is -0.325. The Morgan fingerprint density at radius 1 is 1.06 bits per heavy atom. The molecule has 0 spiro atoms. The topological polar surface area (TPSA) is 29.5 Å². The second-order valence-corrected chi connectivity index (χ2v) is 11.5. The van der Waals surface area contributed by atoms with Crippen molar-refractivity contribution in [3.05, 3.63) is 101 Å². The Bertz CT molecular complexity index is 1300. The zero-order valence-electron chi connectivity index (χ0n) is 17.2. The number of carbonyl (C=O) groups excluding carboxylic acids is 1. The molecular formula is C24H14Br2Cl2FNO2S2. The van der Waals surface area contributed by atoms with E-state index in [0.717, 1.165) is 16.7 Å². The molecule has 1 aliphatic heterocycles. The first-order valence-corrected chi connectivity index (χ1v) is 13.3. The highest BCUT2D eigenvalue weighted by Gasteiger charge is 2.32. The molecule has 174 valence electrons. The fourth-order valence-corrected chi connectivity index (χ4v) is 6.32. The van der Waals surface area contributed by atoms with Gasteiger partial charge in [-0.05, 0) is 85.5 Å². The van der Waals surface area contributed by atoms with Crippen molar-refractivity contribution >= 4 is 95.3 Å². The molecule has 1 fully saturated rings. The summed E-state index contributed by atoms with van der Waals surface area (Å²) in [6.45, 7) is 0.546. The number of ether oxygens (including phenoxy) is 1. The first-order valence-electron chi connectivity index (χ1n) is 9.77. The van der Waals surface area contributed by atoms with Gasteiger partial charge in [0.25, 0.3) is 5.91 Å². The van der Waals surface area contributed by atoms with Crippen LogP contribution in [0.1, 0.15) is 16.7 Å². The second kappa shape index (κ2) is 11.1. The highest BCUT2D eigenvalue weighted by molar-refractivity contribution is 9.11. The van der Waals surface area contributed by atoms with Gasteiger partial charge < -0.3 is 4.74 Å². The van der Waals surface area contributed by atoms with Gasteiger partial charge in [-0.2, -0.15) is 0 Å². The van der Waals surface area contributed by atoms with Crippen molar-refractivity contribution in [3.63, 3.8) is 0 Å². The summed E-state index contributed by atoms with van der Waals surface area (Å²) in [5, 5.41) is 1.09. The van der Waals surface area contributed by atoms with Crippen LogP contribution < -0.4 is 4.74 Å². The number of hydrogen-bond acceptors (Lipinski definition) is 4. The summed E-state index contributed by atoms with van der Waals surface area (Å²) in [5.41, 5.74) is 2.39. The monoisotopic (exact) mass is 659 g/mol. The summed E-state index contributed by atoms with van der Waals surface area (Å²) in [5.74, 6) is 0.0881. The van der Waals surface area contributed by atoms with Gasteiger partial charge in [0.15, 0.2) is 0 Å². The third-order valence-corrected chi connectivity index (χ3v) is 7.98. The molecule has 0 atom stereocenters. The van der Waals surface area contributed by atoms with Gasteiger partial charge in [-0.3, -0.25) is 9.69 Å². The normalized spacial score (nSPS) is 14.9. The molecule has 3 nitrogen and oxygen atoms in total. The van der Waals surface area contributed by atoms with E-state index in [4.69, 9.17) is 40.2 Å². The van der Waals surface area contributed by atoms with Crippen LogP contribution in [-0.2, 0) is 17.9 Å². The average molecular weight is 662 g/mol. The van der Waals surface area contributed by atoms with Crippen molar-refractivity contribution in [2.45, 2.75) is 13.2 Å². The van der Waals surface area contributed by atoms with E-state index in [9.17, 15) is 9.18 Å². The van der Waals surface area contributed by atoms with E-state index in [-0.39, 0.29) is 24.9 Å². The summed E-state index contributed by atoms with van der Waals surface area (Å²) < 4.78 is 21.0. The first-order chi connectivity index (χ1) is 16.2. The molecule has 34 heavy (non-hydrogen) atoms. The van der Waals surface area contributed by atoms with Crippen molar-refractivity contribution in [1.29, 1.82) is 0 Å². The van der Waals surface area contributed by atoms with Gasteiger partial charge in [-0.1, -0.05) is 65.4 Å². The Morgan fingerprint density at radius 3 is 2.38 bits per heavy atom. The quantitative estimate of drug-likeness (QED) is 0.195.